The minimum atomic E-state index is -1.05. The average molecular weight is 246 g/mol. The third kappa shape index (κ3) is 2.07. The highest BCUT2D eigenvalue weighted by Gasteiger charge is 2.15. The lowest BCUT2D eigenvalue weighted by molar-refractivity contribution is 0.0680. The molecular formula is C13H14N2O3. The van der Waals surface area contributed by atoms with Crippen molar-refractivity contribution in [1.29, 1.82) is 0 Å². The van der Waals surface area contributed by atoms with Gasteiger partial charge in [0.25, 0.3) is 0 Å². The van der Waals surface area contributed by atoms with E-state index in [-0.39, 0.29) is 5.82 Å². The zero-order valence-corrected chi connectivity index (χ0v) is 10.5. The van der Waals surface area contributed by atoms with Crippen LogP contribution in [0, 0.1) is 6.92 Å². The Morgan fingerprint density at radius 3 is 2.72 bits per heavy atom. The van der Waals surface area contributed by atoms with Gasteiger partial charge in [0, 0.05) is 18.8 Å². The maximum atomic E-state index is 11.0. The van der Waals surface area contributed by atoms with Crippen molar-refractivity contribution in [1.82, 2.24) is 9.55 Å². The van der Waals surface area contributed by atoms with Gasteiger partial charge in [-0.2, -0.15) is 0 Å². The summed E-state index contributed by atoms with van der Waals surface area (Å²) in [5.74, 6) is -0.362. The van der Waals surface area contributed by atoms with E-state index in [1.54, 1.807) is 20.4 Å². The molecule has 1 heterocycles. The van der Waals surface area contributed by atoms with Crippen LogP contribution in [0.3, 0.4) is 0 Å². The number of hydrogen-bond donors (Lipinski definition) is 1. The summed E-state index contributed by atoms with van der Waals surface area (Å²) in [4.78, 5) is 15.1. The first-order chi connectivity index (χ1) is 8.52. The molecule has 1 aromatic heterocycles. The molecule has 0 aliphatic rings. The Hall–Kier alpha value is -2.30. The Labute approximate surface area is 105 Å². The molecule has 94 valence electrons. The summed E-state index contributed by atoms with van der Waals surface area (Å²) >= 11 is 0. The molecule has 5 heteroatoms. The zero-order chi connectivity index (χ0) is 13.3. The normalized spacial score (nSPS) is 10.4. The van der Waals surface area contributed by atoms with Crippen molar-refractivity contribution in [3.63, 3.8) is 0 Å². The number of carboxylic acids is 1. The van der Waals surface area contributed by atoms with Gasteiger partial charge in [-0.15, -0.1) is 0 Å². The molecule has 0 spiro atoms. The molecular weight excluding hydrogens is 232 g/mol. The van der Waals surface area contributed by atoms with Crippen LogP contribution in [0.5, 0.6) is 5.75 Å². The number of imidazole rings is 1. The number of carbonyl (C=O) groups is 1. The number of carboxylic acid groups (broad SMARTS) is 1. The molecule has 0 bridgehead atoms. The number of methoxy groups -OCH3 is 1. The van der Waals surface area contributed by atoms with Crippen molar-refractivity contribution in [3.05, 3.63) is 35.8 Å². The number of hydrogen-bond acceptors (Lipinski definition) is 3. The molecule has 2 aromatic rings. The summed E-state index contributed by atoms with van der Waals surface area (Å²) < 4.78 is 6.75. The van der Waals surface area contributed by atoms with Crippen molar-refractivity contribution >= 4 is 5.97 Å². The fourth-order valence-corrected chi connectivity index (χ4v) is 1.82. The van der Waals surface area contributed by atoms with Gasteiger partial charge in [0.15, 0.2) is 0 Å². The summed E-state index contributed by atoms with van der Waals surface area (Å²) in [5, 5.41) is 8.99. The van der Waals surface area contributed by atoms with Crippen molar-refractivity contribution in [2.75, 3.05) is 7.11 Å². The molecule has 0 aliphatic carbocycles. The average Bonchev–Trinajstić information content (AvgIpc) is 2.71. The van der Waals surface area contributed by atoms with Crippen LogP contribution < -0.4 is 4.74 Å². The molecule has 1 aromatic carbocycles. The summed E-state index contributed by atoms with van der Waals surface area (Å²) in [7, 11) is 3.23. The van der Waals surface area contributed by atoms with Crippen LogP contribution >= 0.6 is 0 Å². The van der Waals surface area contributed by atoms with Crippen LogP contribution in [0.2, 0.25) is 0 Å². The standard InChI is InChI=1S/C13H14N2O3/c1-8-4-5-11(18-3)9(6-8)10-7-15(2)12(14-10)13(16)17/h4-7H,1-3H3,(H,16,17). The Morgan fingerprint density at radius 2 is 2.17 bits per heavy atom. The fraction of sp³-hybridized carbons (Fsp3) is 0.231. The van der Waals surface area contributed by atoms with E-state index in [1.165, 1.54) is 4.57 Å². The smallest absolute Gasteiger partial charge is 0.372 e. The van der Waals surface area contributed by atoms with Gasteiger partial charge < -0.3 is 14.4 Å². The van der Waals surface area contributed by atoms with E-state index in [1.807, 2.05) is 25.1 Å². The number of aromatic nitrogens is 2. The molecule has 0 saturated carbocycles. The summed E-state index contributed by atoms with van der Waals surface area (Å²) in [6.07, 6.45) is 1.68. The molecule has 0 fully saturated rings. The lowest BCUT2D eigenvalue weighted by Crippen LogP contribution is -2.05. The first kappa shape index (κ1) is 12.2. The lowest BCUT2D eigenvalue weighted by atomic mass is 10.1. The third-order valence-corrected chi connectivity index (χ3v) is 2.70. The molecule has 0 unspecified atom stereocenters. The Morgan fingerprint density at radius 1 is 1.44 bits per heavy atom. The van der Waals surface area contributed by atoms with Gasteiger partial charge in [-0.3, -0.25) is 0 Å². The minimum Gasteiger partial charge on any atom is -0.496 e. The second-order valence-corrected chi connectivity index (χ2v) is 4.07. The fourth-order valence-electron chi connectivity index (χ4n) is 1.82. The van der Waals surface area contributed by atoms with Crippen LogP contribution in [0.1, 0.15) is 16.2 Å². The first-order valence-corrected chi connectivity index (χ1v) is 5.44. The van der Waals surface area contributed by atoms with Crippen molar-refractivity contribution in [3.8, 4) is 17.0 Å². The van der Waals surface area contributed by atoms with Gasteiger partial charge >= 0.3 is 5.97 Å². The quantitative estimate of drug-likeness (QED) is 0.900. The maximum absolute atomic E-state index is 11.0. The van der Waals surface area contributed by atoms with Crippen LogP contribution in [-0.2, 0) is 7.05 Å². The van der Waals surface area contributed by atoms with Crippen LogP contribution in [-0.4, -0.2) is 27.7 Å². The molecule has 1 N–H and O–H groups in total. The lowest BCUT2D eigenvalue weighted by Gasteiger charge is -2.06. The van der Waals surface area contributed by atoms with Gasteiger partial charge in [0.2, 0.25) is 5.82 Å². The van der Waals surface area contributed by atoms with E-state index < -0.39 is 5.97 Å². The van der Waals surface area contributed by atoms with E-state index in [9.17, 15) is 4.79 Å². The SMILES string of the molecule is COc1ccc(C)cc1-c1cn(C)c(C(=O)O)n1. The van der Waals surface area contributed by atoms with Crippen LogP contribution in [0.15, 0.2) is 24.4 Å². The Kier molecular flexibility index (Phi) is 3.06. The number of benzene rings is 1. The minimum absolute atomic E-state index is 0.00793. The molecule has 0 atom stereocenters. The largest absolute Gasteiger partial charge is 0.496 e. The number of aryl methyl sites for hydroxylation is 2. The molecule has 0 saturated heterocycles. The molecule has 18 heavy (non-hydrogen) atoms. The first-order valence-electron chi connectivity index (χ1n) is 5.44. The summed E-state index contributed by atoms with van der Waals surface area (Å²) in [6, 6.07) is 5.70. The van der Waals surface area contributed by atoms with Gasteiger partial charge in [0.05, 0.1) is 12.8 Å². The topological polar surface area (TPSA) is 64.3 Å². The number of rotatable bonds is 3. The molecule has 2 rings (SSSR count). The van der Waals surface area contributed by atoms with Gasteiger partial charge in [-0.25, -0.2) is 9.78 Å². The van der Waals surface area contributed by atoms with Crippen molar-refractivity contribution in [2.24, 2.45) is 7.05 Å². The highest BCUT2D eigenvalue weighted by atomic mass is 16.5. The summed E-state index contributed by atoms with van der Waals surface area (Å²) in [6.45, 7) is 1.96. The van der Waals surface area contributed by atoms with E-state index in [0.717, 1.165) is 11.1 Å². The van der Waals surface area contributed by atoms with E-state index in [4.69, 9.17) is 9.84 Å². The molecule has 5 nitrogen and oxygen atoms in total. The molecule has 0 amide bonds. The molecule has 0 radical (unpaired) electrons. The molecule has 0 aliphatic heterocycles. The highest BCUT2D eigenvalue weighted by molar-refractivity contribution is 5.85. The predicted octanol–water partition coefficient (Wildman–Crippen LogP) is 2.10. The predicted molar refractivity (Wildman–Crippen MR) is 66.9 cm³/mol. The summed E-state index contributed by atoms with van der Waals surface area (Å²) in [5.41, 5.74) is 2.45. The van der Waals surface area contributed by atoms with E-state index >= 15 is 0 Å². The van der Waals surface area contributed by atoms with Crippen LogP contribution in [0.25, 0.3) is 11.3 Å². The van der Waals surface area contributed by atoms with Crippen molar-refractivity contribution < 1.29 is 14.6 Å². The third-order valence-electron chi connectivity index (χ3n) is 2.70. The van der Waals surface area contributed by atoms with Crippen molar-refractivity contribution in [2.45, 2.75) is 6.92 Å². The Bertz CT molecular complexity index is 602. The van der Waals surface area contributed by atoms with Gasteiger partial charge in [0.1, 0.15) is 5.75 Å². The number of aromatic carboxylic acids is 1. The zero-order valence-electron chi connectivity index (χ0n) is 10.5. The van der Waals surface area contributed by atoms with E-state index in [2.05, 4.69) is 4.98 Å². The van der Waals surface area contributed by atoms with Gasteiger partial charge in [-0.1, -0.05) is 11.6 Å². The number of nitrogens with zero attached hydrogens (tertiary/aromatic N) is 2. The monoisotopic (exact) mass is 246 g/mol. The maximum Gasteiger partial charge on any atom is 0.372 e. The Balaban J connectivity index is 2.58. The van der Waals surface area contributed by atoms with E-state index in [0.29, 0.717) is 11.4 Å². The highest BCUT2D eigenvalue weighted by Crippen LogP contribution is 2.30. The second-order valence-electron chi connectivity index (χ2n) is 4.07. The van der Waals surface area contributed by atoms with Crippen LogP contribution in [0.4, 0.5) is 0 Å². The van der Waals surface area contributed by atoms with Gasteiger partial charge in [-0.05, 0) is 19.1 Å². The second kappa shape index (κ2) is 4.52. The number of ether oxygens (including phenoxy) is 1.